The number of nitrogens with one attached hydrogen (secondary N) is 2. The lowest BCUT2D eigenvalue weighted by Gasteiger charge is -2.14. The fourth-order valence-electron chi connectivity index (χ4n) is 1.47. The first-order valence-electron chi connectivity index (χ1n) is 5.69. The topological polar surface area (TPSA) is 104 Å². The highest BCUT2D eigenvalue weighted by molar-refractivity contribution is 5.94. The van der Waals surface area contributed by atoms with Crippen LogP contribution in [0.4, 0.5) is 16.2 Å². The predicted molar refractivity (Wildman–Crippen MR) is 69.3 cm³/mol. The number of urea groups is 1. The Balaban J connectivity index is 2.61. The summed E-state index contributed by atoms with van der Waals surface area (Å²) in [6.07, 6.45) is 1.05. The van der Waals surface area contributed by atoms with Gasteiger partial charge in [-0.2, -0.15) is 0 Å². The van der Waals surface area contributed by atoms with Crippen LogP contribution in [-0.4, -0.2) is 23.1 Å². The van der Waals surface area contributed by atoms with E-state index in [1.165, 1.54) is 0 Å². The van der Waals surface area contributed by atoms with Crippen molar-refractivity contribution in [2.45, 2.75) is 25.8 Å². The number of amides is 2. The highest BCUT2D eigenvalue weighted by Crippen LogP contribution is 2.16. The predicted octanol–water partition coefficient (Wildman–Crippen LogP) is 1.64. The number of carboxylic acids is 1. The molecule has 0 aliphatic carbocycles. The molecule has 1 unspecified atom stereocenters. The van der Waals surface area contributed by atoms with E-state index in [0.717, 1.165) is 0 Å². The van der Waals surface area contributed by atoms with E-state index in [1.807, 2.05) is 6.92 Å². The summed E-state index contributed by atoms with van der Waals surface area (Å²) in [6, 6.07) is 5.30. The monoisotopic (exact) mass is 251 g/mol. The van der Waals surface area contributed by atoms with E-state index in [1.54, 1.807) is 24.3 Å². The van der Waals surface area contributed by atoms with Crippen LogP contribution < -0.4 is 16.4 Å². The van der Waals surface area contributed by atoms with Gasteiger partial charge in [0, 0.05) is 0 Å². The summed E-state index contributed by atoms with van der Waals surface area (Å²) < 4.78 is 0. The first kappa shape index (κ1) is 13.8. The van der Waals surface area contributed by atoms with Crippen molar-refractivity contribution < 1.29 is 14.7 Å². The van der Waals surface area contributed by atoms with E-state index < -0.39 is 18.0 Å². The van der Waals surface area contributed by atoms with Crippen molar-refractivity contribution >= 4 is 23.4 Å². The van der Waals surface area contributed by atoms with Gasteiger partial charge in [-0.15, -0.1) is 0 Å². The third kappa shape index (κ3) is 3.97. The average molecular weight is 251 g/mol. The molecule has 0 bridgehead atoms. The Morgan fingerprint density at radius 2 is 2.06 bits per heavy atom. The Bertz CT molecular complexity index is 434. The van der Waals surface area contributed by atoms with Gasteiger partial charge in [0.15, 0.2) is 0 Å². The number of carboxylic acid groups (broad SMARTS) is 1. The lowest BCUT2D eigenvalue weighted by Crippen LogP contribution is -2.42. The van der Waals surface area contributed by atoms with Gasteiger partial charge in [0.1, 0.15) is 6.04 Å². The summed E-state index contributed by atoms with van der Waals surface area (Å²) in [7, 11) is 0. The summed E-state index contributed by atoms with van der Waals surface area (Å²) >= 11 is 0. The zero-order valence-electron chi connectivity index (χ0n) is 10.1. The quantitative estimate of drug-likeness (QED) is 0.597. The fourth-order valence-corrected chi connectivity index (χ4v) is 1.47. The Hall–Kier alpha value is -2.24. The maximum Gasteiger partial charge on any atom is 0.326 e. The minimum atomic E-state index is -1.05. The lowest BCUT2D eigenvalue weighted by molar-refractivity contribution is -0.139. The number of carbonyl (C=O) groups excluding carboxylic acids is 1. The van der Waals surface area contributed by atoms with Crippen LogP contribution in [0, 0.1) is 0 Å². The molecule has 0 aromatic heterocycles. The Morgan fingerprint density at radius 3 is 2.61 bits per heavy atom. The summed E-state index contributed by atoms with van der Waals surface area (Å²) in [4.78, 5) is 22.5. The van der Waals surface area contributed by atoms with Gasteiger partial charge in [0.2, 0.25) is 0 Å². The maximum absolute atomic E-state index is 11.6. The van der Waals surface area contributed by atoms with Gasteiger partial charge >= 0.3 is 12.0 Å². The van der Waals surface area contributed by atoms with Crippen LogP contribution in [0.1, 0.15) is 19.8 Å². The molecule has 6 heteroatoms. The fraction of sp³-hybridized carbons (Fsp3) is 0.333. The van der Waals surface area contributed by atoms with Crippen LogP contribution in [0.3, 0.4) is 0 Å². The molecule has 6 nitrogen and oxygen atoms in total. The second kappa shape index (κ2) is 6.48. The largest absolute Gasteiger partial charge is 0.480 e. The summed E-state index contributed by atoms with van der Waals surface area (Å²) in [6.45, 7) is 1.85. The molecular formula is C12H17N3O3. The molecule has 0 radical (unpaired) electrons. The second-order valence-corrected chi connectivity index (χ2v) is 3.87. The standard InChI is InChI=1S/C12H17N3O3/c1-2-5-10(11(16)17)15-12(18)14-9-7-4-3-6-8(9)13/h3-4,6-7,10H,2,5,13H2,1H3,(H,16,17)(H2,14,15,18). The van der Waals surface area contributed by atoms with Gasteiger partial charge in [-0.3, -0.25) is 0 Å². The SMILES string of the molecule is CCCC(NC(=O)Nc1ccccc1N)C(=O)O. The first-order chi connectivity index (χ1) is 8.54. The molecule has 98 valence electrons. The molecule has 0 saturated heterocycles. The molecule has 0 aliphatic rings. The van der Waals surface area contributed by atoms with E-state index in [0.29, 0.717) is 24.2 Å². The third-order valence-electron chi connectivity index (χ3n) is 2.39. The number of aliphatic carboxylic acids is 1. The van der Waals surface area contributed by atoms with Crippen LogP contribution in [-0.2, 0) is 4.79 Å². The van der Waals surface area contributed by atoms with Crippen molar-refractivity contribution in [1.29, 1.82) is 0 Å². The van der Waals surface area contributed by atoms with Crippen molar-refractivity contribution in [3.63, 3.8) is 0 Å². The van der Waals surface area contributed by atoms with Gasteiger partial charge < -0.3 is 21.5 Å². The van der Waals surface area contributed by atoms with Crippen LogP contribution in [0.15, 0.2) is 24.3 Å². The molecule has 0 fully saturated rings. The minimum absolute atomic E-state index is 0.382. The number of hydrogen-bond donors (Lipinski definition) is 4. The van der Waals surface area contributed by atoms with Gasteiger partial charge in [-0.05, 0) is 18.6 Å². The molecule has 0 spiro atoms. The van der Waals surface area contributed by atoms with Crippen molar-refractivity contribution in [2.75, 3.05) is 11.1 Å². The van der Waals surface area contributed by atoms with Crippen LogP contribution >= 0.6 is 0 Å². The highest BCUT2D eigenvalue weighted by Gasteiger charge is 2.18. The van der Waals surface area contributed by atoms with Crippen LogP contribution in [0.25, 0.3) is 0 Å². The third-order valence-corrected chi connectivity index (χ3v) is 2.39. The molecule has 18 heavy (non-hydrogen) atoms. The number of nitrogens with two attached hydrogens (primary N) is 1. The summed E-state index contributed by atoms with van der Waals surface area (Å²) in [5, 5.41) is 13.8. The molecule has 2 amide bonds. The normalized spacial score (nSPS) is 11.6. The smallest absolute Gasteiger partial charge is 0.326 e. The number of rotatable bonds is 5. The number of hydrogen-bond acceptors (Lipinski definition) is 3. The zero-order chi connectivity index (χ0) is 13.5. The lowest BCUT2D eigenvalue weighted by atomic mass is 10.2. The maximum atomic E-state index is 11.6. The van der Waals surface area contributed by atoms with Crippen LogP contribution in [0.5, 0.6) is 0 Å². The molecule has 5 N–H and O–H groups in total. The van der Waals surface area contributed by atoms with E-state index >= 15 is 0 Å². The van der Waals surface area contributed by atoms with Gasteiger partial charge in [-0.1, -0.05) is 25.5 Å². The average Bonchev–Trinajstić information content (AvgIpc) is 2.31. The molecule has 1 atom stereocenters. The van der Waals surface area contributed by atoms with E-state index in [2.05, 4.69) is 10.6 Å². The highest BCUT2D eigenvalue weighted by atomic mass is 16.4. The Kier molecular flexibility index (Phi) is 4.98. The molecule has 1 aromatic carbocycles. The molecule has 0 heterocycles. The van der Waals surface area contributed by atoms with Gasteiger partial charge in [-0.25, -0.2) is 9.59 Å². The summed E-state index contributed by atoms with van der Waals surface area (Å²) in [5.74, 6) is -1.05. The van der Waals surface area contributed by atoms with Crippen molar-refractivity contribution in [1.82, 2.24) is 5.32 Å². The van der Waals surface area contributed by atoms with Crippen LogP contribution in [0.2, 0.25) is 0 Å². The number of benzene rings is 1. The molecule has 1 rings (SSSR count). The Labute approximate surface area is 105 Å². The number of anilines is 2. The van der Waals surface area contributed by atoms with E-state index in [9.17, 15) is 9.59 Å². The molecular weight excluding hydrogens is 234 g/mol. The molecule has 0 saturated carbocycles. The zero-order valence-corrected chi connectivity index (χ0v) is 10.1. The van der Waals surface area contributed by atoms with Crippen molar-refractivity contribution in [3.05, 3.63) is 24.3 Å². The van der Waals surface area contributed by atoms with Gasteiger partial charge in [0.25, 0.3) is 0 Å². The van der Waals surface area contributed by atoms with Crippen molar-refractivity contribution in [3.8, 4) is 0 Å². The number of carbonyl (C=O) groups is 2. The second-order valence-electron chi connectivity index (χ2n) is 3.87. The van der Waals surface area contributed by atoms with Gasteiger partial charge in [0.05, 0.1) is 11.4 Å². The Morgan fingerprint density at radius 1 is 1.39 bits per heavy atom. The van der Waals surface area contributed by atoms with E-state index in [-0.39, 0.29) is 0 Å². The van der Waals surface area contributed by atoms with Crippen molar-refractivity contribution in [2.24, 2.45) is 0 Å². The number of nitrogen functional groups attached to an aromatic ring is 1. The number of para-hydroxylation sites is 2. The first-order valence-corrected chi connectivity index (χ1v) is 5.69. The van der Waals surface area contributed by atoms with E-state index in [4.69, 9.17) is 10.8 Å². The molecule has 0 aliphatic heterocycles. The summed E-state index contributed by atoms with van der Waals surface area (Å²) in [5.41, 5.74) is 6.54. The minimum Gasteiger partial charge on any atom is -0.480 e. The molecule has 1 aromatic rings.